The van der Waals surface area contributed by atoms with Crippen molar-refractivity contribution in [3.05, 3.63) is 17.3 Å². The fourth-order valence-corrected chi connectivity index (χ4v) is 2.27. The van der Waals surface area contributed by atoms with Crippen molar-refractivity contribution in [1.82, 2.24) is 9.97 Å². The zero-order valence-electron chi connectivity index (χ0n) is 11.9. The summed E-state index contributed by atoms with van der Waals surface area (Å²) < 4.78 is 19.8. The summed E-state index contributed by atoms with van der Waals surface area (Å²) in [7, 11) is 0. The first-order valence-electron chi connectivity index (χ1n) is 6.99. The van der Waals surface area contributed by atoms with Crippen molar-refractivity contribution in [1.29, 1.82) is 0 Å². The van der Waals surface area contributed by atoms with Gasteiger partial charge in [0.25, 0.3) is 0 Å². The standard InChI is InChI=1S/C14H22FN3O/c1-4-8-16-12-11(15)10(2)17-13(18-12)14(3)7-5-6-9-19-14/h4-9H2,1-3H3,(H,16,17,18). The van der Waals surface area contributed by atoms with Crippen LogP contribution < -0.4 is 5.32 Å². The van der Waals surface area contributed by atoms with Crippen LogP contribution in [-0.2, 0) is 10.3 Å². The van der Waals surface area contributed by atoms with Gasteiger partial charge in [0, 0.05) is 13.2 Å². The maximum atomic E-state index is 14.0. The monoisotopic (exact) mass is 267 g/mol. The third-order valence-corrected chi connectivity index (χ3v) is 3.50. The maximum Gasteiger partial charge on any atom is 0.186 e. The van der Waals surface area contributed by atoms with E-state index >= 15 is 0 Å². The third kappa shape index (κ3) is 3.03. The van der Waals surface area contributed by atoms with Crippen LogP contribution in [0.15, 0.2) is 0 Å². The van der Waals surface area contributed by atoms with Crippen molar-refractivity contribution in [2.45, 2.75) is 52.1 Å². The molecule has 19 heavy (non-hydrogen) atoms. The predicted octanol–water partition coefficient (Wildman–Crippen LogP) is 3.16. The lowest BCUT2D eigenvalue weighted by Gasteiger charge is -2.32. The molecule has 1 fully saturated rings. The van der Waals surface area contributed by atoms with Crippen molar-refractivity contribution in [2.24, 2.45) is 0 Å². The molecule has 0 saturated carbocycles. The van der Waals surface area contributed by atoms with Gasteiger partial charge in [-0.3, -0.25) is 0 Å². The van der Waals surface area contributed by atoms with Gasteiger partial charge in [-0.1, -0.05) is 6.92 Å². The maximum absolute atomic E-state index is 14.0. The lowest BCUT2D eigenvalue weighted by molar-refractivity contribution is -0.0761. The molecule has 1 unspecified atom stereocenters. The molecule has 0 bridgehead atoms. The number of aromatic nitrogens is 2. The second-order valence-corrected chi connectivity index (χ2v) is 5.26. The molecule has 2 heterocycles. The van der Waals surface area contributed by atoms with E-state index in [2.05, 4.69) is 15.3 Å². The molecule has 1 atom stereocenters. The van der Waals surface area contributed by atoms with E-state index in [-0.39, 0.29) is 5.82 Å². The topological polar surface area (TPSA) is 47.0 Å². The number of nitrogens with one attached hydrogen (secondary N) is 1. The normalized spacial score (nSPS) is 23.4. The van der Waals surface area contributed by atoms with E-state index in [9.17, 15) is 4.39 Å². The molecule has 1 aromatic rings. The number of anilines is 1. The van der Waals surface area contributed by atoms with Gasteiger partial charge in [-0.05, 0) is 39.5 Å². The Morgan fingerprint density at radius 2 is 2.16 bits per heavy atom. The smallest absolute Gasteiger partial charge is 0.186 e. The van der Waals surface area contributed by atoms with Crippen LogP contribution in [0.1, 0.15) is 51.0 Å². The first-order valence-corrected chi connectivity index (χ1v) is 6.99. The van der Waals surface area contributed by atoms with Gasteiger partial charge in [0.05, 0.1) is 5.69 Å². The van der Waals surface area contributed by atoms with Gasteiger partial charge in [-0.25, -0.2) is 14.4 Å². The van der Waals surface area contributed by atoms with E-state index in [1.165, 1.54) is 0 Å². The summed E-state index contributed by atoms with van der Waals surface area (Å²) in [5.41, 5.74) is -0.113. The van der Waals surface area contributed by atoms with Gasteiger partial charge in [0.2, 0.25) is 0 Å². The van der Waals surface area contributed by atoms with E-state index < -0.39 is 5.60 Å². The Balaban J connectivity index is 2.32. The number of hydrogen-bond acceptors (Lipinski definition) is 4. The second kappa shape index (κ2) is 5.82. The Kier molecular flexibility index (Phi) is 4.34. The zero-order chi connectivity index (χ0) is 13.9. The van der Waals surface area contributed by atoms with Crippen molar-refractivity contribution in [2.75, 3.05) is 18.5 Å². The number of ether oxygens (including phenoxy) is 1. The number of hydrogen-bond donors (Lipinski definition) is 1. The largest absolute Gasteiger partial charge is 0.368 e. The van der Waals surface area contributed by atoms with Crippen molar-refractivity contribution in [3.63, 3.8) is 0 Å². The number of nitrogens with zero attached hydrogens (tertiary/aromatic N) is 2. The number of halogens is 1. The van der Waals surface area contributed by atoms with E-state index in [0.717, 1.165) is 25.7 Å². The average molecular weight is 267 g/mol. The molecule has 2 rings (SSSR count). The highest BCUT2D eigenvalue weighted by Crippen LogP contribution is 2.33. The average Bonchev–Trinajstić information content (AvgIpc) is 2.41. The van der Waals surface area contributed by atoms with Crippen LogP contribution in [0, 0.1) is 12.7 Å². The molecule has 0 aromatic carbocycles. The Morgan fingerprint density at radius 3 is 2.79 bits per heavy atom. The molecule has 0 aliphatic carbocycles. The highest BCUT2D eigenvalue weighted by Gasteiger charge is 2.34. The third-order valence-electron chi connectivity index (χ3n) is 3.50. The van der Waals surface area contributed by atoms with Crippen molar-refractivity contribution in [3.8, 4) is 0 Å². The van der Waals surface area contributed by atoms with Crippen molar-refractivity contribution >= 4 is 5.82 Å². The highest BCUT2D eigenvalue weighted by molar-refractivity contribution is 5.38. The van der Waals surface area contributed by atoms with Gasteiger partial charge in [-0.15, -0.1) is 0 Å². The Morgan fingerprint density at radius 1 is 1.37 bits per heavy atom. The molecule has 0 radical (unpaired) electrons. The van der Waals surface area contributed by atoms with Gasteiger partial charge >= 0.3 is 0 Å². The molecule has 1 aromatic heterocycles. The van der Waals surface area contributed by atoms with E-state index in [1.807, 2.05) is 13.8 Å². The summed E-state index contributed by atoms with van der Waals surface area (Å²) in [6, 6.07) is 0. The summed E-state index contributed by atoms with van der Waals surface area (Å²) in [5.74, 6) is 0.515. The van der Waals surface area contributed by atoms with Crippen LogP contribution in [0.2, 0.25) is 0 Å². The van der Waals surface area contributed by atoms with E-state index in [0.29, 0.717) is 30.5 Å². The summed E-state index contributed by atoms with van der Waals surface area (Å²) >= 11 is 0. The van der Waals surface area contributed by atoms with E-state index in [4.69, 9.17) is 4.74 Å². The fourth-order valence-electron chi connectivity index (χ4n) is 2.27. The molecule has 1 aliphatic rings. The van der Waals surface area contributed by atoms with Gasteiger partial charge in [0.1, 0.15) is 5.60 Å². The minimum Gasteiger partial charge on any atom is -0.368 e. The van der Waals surface area contributed by atoms with Gasteiger partial charge in [0.15, 0.2) is 17.5 Å². The SMILES string of the molecule is CCCNc1nc(C2(C)CCCCO2)nc(C)c1F. The molecule has 1 saturated heterocycles. The predicted molar refractivity (Wildman–Crippen MR) is 72.7 cm³/mol. The van der Waals surface area contributed by atoms with Crippen LogP contribution in [0.4, 0.5) is 10.2 Å². The Hall–Kier alpha value is -1.23. The lowest BCUT2D eigenvalue weighted by atomic mass is 9.95. The summed E-state index contributed by atoms with van der Waals surface area (Å²) in [6.07, 6.45) is 3.96. The highest BCUT2D eigenvalue weighted by atomic mass is 19.1. The Bertz CT molecular complexity index is 445. The number of rotatable bonds is 4. The van der Waals surface area contributed by atoms with Gasteiger partial charge in [-0.2, -0.15) is 0 Å². The van der Waals surface area contributed by atoms with Crippen LogP contribution in [0.5, 0.6) is 0 Å². The Labute approximate surface area is 113 Å². The second-order valence-electron chi connectivity index (χ2n) is 5.26. The van der Waals surface area contributed by atoms with Crippen LogP contribution in [0.25, 0.3) is 0 Å². The summed E-state index contributed by atoms with van der Waals surface area (Å²) in [6.45, 7) is 7.11. The van der Waals surface area contributed by atoms with E-state index in [1.54, 1.807) is 6.92 Å². The minimum absolute atomic E-state index is 0.291. The molecule has 4 nitrogen and oxygen atoms in total. The van der Waals surface area contributed by atoms with Crippen LogP contribution in [-0.4, -0.2) is 23.1 Å². The minimum atomic E-state index is -0.487. The van der Waals surface area contributed by atoms with Gasteiger partial charge < -0.3 is 10.1 Å². The molecule has 5 heteroatoms. The first-order chi connectivity index (χ1) is 9.07. The zero-order valence-corrected chi connectivity index (χ0v) is 11.9. The van der Waals surface area contributed by atoms with Crippen LogP contribution >= 0.6 is 0 Å². The van der Waals surface area contributed by atoms with Crippen molar-refractivity contribution < 1.29 is 9.13 Å². The molecule has 1 aliphatic heterocycles. The molecular formula is C14H22FN3O. The summed E-state index contributed by atoms with van der Waals surface area (Å²) in [4.78, 5) is 8.63. The lowest BCUT2D eigenvalue weighted by Crippen LogP contribution is -2.33. The molecule has 0 amide bonds. The van der Waals surface area contributed by atoms with Crippen LogP contribution in [0.3, 0.4) is 0 Å². The quantitative estimate of drug-likeness (QED) is 0.910. The molecular weight excluding hydrogens is 245 g/mol. The molecule has 0 spiro atoms. The fraction of sp³-hybridized carbons (Fsp3) is 0.714. The first kappa shape index (κ1) is 14.2. The molecule has 1 N–H and O–H groups in total. The number of aryl methyl sites for hydroxylation is 1. The summed E-state index contributed by atoms with van der Waals surface area (Å²) in [5, 5.41) is 3.02. The molecule has 106 valence electrons.